The smallest absolute Gasteiger partial charge is 0.303 e. The summed E-state index contributed by atoms with van der Waals surface area (Å²) >= 11 is 0. The Morgan fingerprint density at radius 3 is 2.35 bits per heavy atom. The van der Waals surface area contributed by atoms with Crippen LogP contribution in [0.4, 0.5) is 0 Å². The summed E-state index contributed by atoms with van der Waals surface area (Å²) in [5.41, 5.74) is 4.22. The third-order valence-electron chi connectivity index (χ3n) is 5.26. The molecule has 34 heavy (non-hydrogen) atoms. The summed E-state index contributed by atoms with van der Waals surface area (Å²) in [5, 5.41) is 11.8. The number of carbonyl (C=O) groups is 2. The third kappa shape index (κ3) is 5.95. The first-order chi connectivity index (χ1) is 16.6. The second-order valence-electron chi connectivity index (χ2n) is 7.78. The number of hydrogen-bond donors (Lipinski definition) is 2. The highest BCUT2D eigenvalue weighted by Gasteiger charge is 2.15. The van der Waals surface area contributed by atoms with Crippen molar-refractivity contribution in [2.75, 3.05) is 13.2 Å². The van der Waals surface area contributed by atoms with Gasteiger partial charge in [0.25, 0.3) is 5.91 Å². The zero-order valence-electron chi connectivity index (χ0n) is 18.6. The number of aliphatic carboxylic acids is 1. The minimum Gasteiger partial charge on any atom is -0.481 e. The summed E-state index contributed by atoms with van der Waals surface area (Å²) in [6.45, 7) is 0.726. The van der Waals surface area contributed by atoms with Gasteiger partial charge in [0.05, 0.1) is 17.6 Å². The number of amides is 1. The van der Waals surface area contributed by atoms with Gasteiger partial charge in [-0.15, -0.1) is 0 Å². The number of fused-ring (bicyclic) bond motifs is 1. The van der Waals surface area contributed by atoms with E-state index >= 15 is 0 Å². The summed E-state index contributed by atoms with van der Waals surface area (Å²) < 4.78 is 5.83. The number of benzene rings is 3. The lowest BCUT2D eigenvalue weighted by atomic mass is 10.1. The molecule has 1 aromatic heterocycles. The normalized spacial score (nSPS) is 10.7. The molecule has 0 atom stereocenters. The Morgan fingerprint density at radius 2 is 1.62 bits per heavy atom. The lowest BCUT2D eigenvalue weighted by Gasteiger charge is -2.12. The molecule has 7 heteroatoms. The molecule has 0 radical (unpaired) electrons. The Bertz CT molecular complexity index is 1280. The molecule has 0 fully saturated rings. The molecule has 2 N–H and O–H groups in total. The highest BCUT2D eigenvalue weighted by Crippen LogP contribution is 2.29. The van der Waals surface area contributed by atoms with Gasteiger partial charge in [0, 0.05) is 24.1 Å². The average molecular weight is 456 g/mol. The lowest BCUT2D eigenvalue weighted by molar-refractivity contribution is -0.137. The first kappa shape index (κ1) is 22.9. The number of carboxylic acids is 1. The SMILES string of the molecule is O=C(O)CCCOc1nc2cc(C(=O)NCCc3ccccc3)ccc2nc1-c1ccccc1. The van der Waals surface area contributed by atoms with Gasteiger partial charge >= 0.3 is 5.97 Å². The van der Waals surface area contributed by atoms with Gasteiger partial charge in [-0.25, -0.2) is 9.97 Å². The zero-order valence-corrected chi connectivity index (χ0v) is 18.6. The third-order valence-corrected chi connectivity index (χ3v) is 5.26. The Morgan fingerprint density at radius 1 is 0.882 bits per heavy atom. The molecule has 0 aliphatic rings. The molecule has 0 aliphatic heterocycles. The predicted molar refractivity (Wildman–Crippen MR) is 130 cm³/mol. The minimum atomic E-state index is -0.876. The van der Waals surface area contributed by atoms with Crippen LogP contribution < -0.4 is 10.1 Å². The van der Waals surface area contributed by atoms with E-state index in [9.17, 15) is 9.59 Å². The van der Waals surface area contributed by atoms with Gasteiger partial charge in [0.2, 0.25) is 5.88 Å². The topological polar surface area (TPSA) is 101 Å². The Balaban J connectivity index is 1.54. The molecule has 1 heterocycles. The second-order valence-corrected chi connectivity index (χ2v) is 7.78. The molecule has 0 saturated heterocycles. The summed E-state index contributed by atoms with van der Waals surface area (Å²) in [7, 11) is 0. The molecule has 0 spiro atoms. The summed E-state index contributed by atoms with van der Waals surface area (Å²) in [5.74, 6) is -0.749. The van der Waals surface area contributed by atoms with Crippen molar-refractivity contribution < 1.29 is 19.4 Å². The summed E-state index contributed by atoms with van der Waals surface area (Å²) in [6, 6.07) is 24.7. The standard InChI is InChI=1S/C27H25N3O4/c31-24(32)12-7-17-34-27-25(20-10-5-2-6-11-20)29-22-14-13-21(18-23(22)30-27)26(33)28-16-15-19-8-3-1-4-9-19/h1-6,8-11,13-14,18H,7,12,15-17H2,(H,28,33)(H,31,32). The van der Waals surface area contributed by atoms with Crippen LogP contribution in [0.2, 0.25) is 0 Å². The van der Waals surface area contributed by atoms with E-state index in [4.69, 9.17) is 14.8 Å². The summed E-state index contributed by atoms with van der Waals surface area (Å²) in [6.07, 6.45) is 1.11. The van der Waals surface area contributed by atoms with Gasteiger partial charge in [0.15, 0.2) is 0 Å². The van der Waals surface area contributed by atoms with Crippen molar-refractivity contribution in [3.8, 4) is 17.1 Å². The fourth-order valence-corrected chi connectivity index (χ4v) is 3.52. The van der Waals surface area contributed by atoms with Crippen molar-refractivity contribution in [3.05, 3.63) is 90.0 Å². The van der Waals surface area contributed by atoms with Crippen molar-refractivity contribution in [2.45, 2.75) is 19.3 Å². The van der Waals surface area contributed by atoms with Gasteiger partial charge in [0.1, 0.15) is 5.69 Å². The fourth-order valence-electron chi connectivity index (χ4n) is 3.52. The van der Waals surface area contributed by atoms with Crippen LogP contribution in [0.1, 0.15) is 28.8 Å². The maximum Gasteiger partial charge on any atom is 0.303 e. The quantitative estimate of drug-likeness (QED) is 0.341. The highest BCUT2D eigenvalue weighted by atomic mass is 16.5. The van der Waals surface area contributed by atoms with Gasteiger partial charge < -0.3 is 15.2 Å². The van der Waals surface area contributed by atoms with Crippen molar-refractivity contribution in [3.63, 3.8) is 0 Å². The van der Waals surface area contributed by atoms with Crippen LogP contribution in [0.15, 0.2) is 78.9 Å². The van der Waals surface area contributed by atoms with Crippen molar-refractivity contribution in [2.24, 2.45) is 0 Å². The van der Waals surface area contributed by atoms with E-state index in [-0.39, 0.29) is 18.9 Å². The van der Waals surface area contributed by atoms with E-state index in [1.54, 1.807) is 18.2 Å². The molecule has 3 aromatic carbocycles. The van der Waals surface area contributed by atoms with Gasteiger partial charge in [-0.2, -0.15) is 0 Å². The molecule has 4 aromatic rings. The molecule has 7 nitrogen and oxygen atoms in total. The van der Waals surface area contributed by atoms with E-state index < -0.39 is 5.97 Å². The number of nitrogens with zero attached hydrogens (tertiary/aromatic N) is 2. The Hall–Kier alpha value is -4.26. The molecule has 172 valence electrons. The maximum absolute atomic E-state index is 12.7. The maximum atomic E-state index is 12.7. The molecule has 0 bridgehead atoms. The molecule has 4 rings (SSSR count). The van der Waals surface area contributed by atoms with Crippen LogP contribution in [0.5, 0.6) is 5.88 Å². The number of ether oxygens (including phenoxy) is 1. The van der Waals surface area contributed by atoms with Gasteiger partial charge in [-0.3, -0.25) is 9.59 Å². The average Bonchev–Trinajstić information content (AvgIpc) is 2.86. The monoisotopic (exact) mass is 455 g/mol. The molecular weight excluding hydrogens is 430 g/mol. The molecule has 0 saturated carbocycles. The minimum absolute atomic E-state index is 0.00891. The first-order valence-electron chi connectivity index (χ1n) is 11.1. The summed E-state index contributed by atoms with van der Waals surface area (Å²) in [4.78, 5) is 32.8. The van der Waals surface area contributed by atoms with E-state index in [2.05, 4.69) is 10.3 Å². The molecule has 0 aliphatic carbocycles. The number of carboxylic acid groups (broad SMARTS) is 1. The van der Waals surface area contributed by atoms with Gasteiger partial charge in [-0.05, 0) is 36.6 Å². The van der Waals surface area contributed by atoms with Crippen LogP contribution in [0.25, 0.3) is 22.3 Å². The van der Waals surface area contributed by atoms with Crippen molar-refractivity contribution >= 4 is 22.9 Å². The van der Waals surface area contributed by atoms with Crippen LogP contribution in [0, 0.1) is 0 Å². The molecule has 1 amide bonds. The van der Waals surface area contributed by atoms with Gasteiger partial charge in [-0.1, -0.05) is 60.7 Å². The zero-order chi connectivity index (χ0) is 23.8. The molecular formula is C27H25N3O4. The Kier molecular flexibility index (Phi) is 7.45. The number of aromatic nitrogens is 2. The van der Waals surface area contributed by atoms with Crippen LogP contribution in [-0.2, 0) is 11.2 Å². The first-order valence-corrected chi connectivity index (χ1v) is 11.1. The number of nitrogens with one attached hydrogen (secondary N) is 1. The fraction of sp³-hybridized carbons (Fsp3) is 0.185. The lowest BCUT2D eigenvalue weighted by Crippen LogP contribution is -2.25. The van der Waals surface area contributed by atoms with E-state index in [1.165, 1.54) is 0 Å². The van der Waals surface area contributed by atoms with Crippen LogP contribution in [-0.4, -0.2) is 40.1 Å². The van der Waals surface area contributed by atoms with E-state index in [0.717, 1.165) is 17.5 Å². The van der Waals surface area contributed by atoms with E-state index in [0.29, 0.717) is 41.1 Å². The number of carbonyl (C=O) groups excluding carboxylic acids is 1. The van der Waals surface area contributed by atoms with E-state index in [1.807, 2.05) is 60.7 Å². The number of rotatable bonds is 10. The molecule has 0 unspecified atom stereocenters. The Labute approximate surface area is 197 Å². The van der Waals surface area contributed by atoms with Crippen molar-refractivity contribution in [1.82, 2.24) is 15.3 Å². The highest BCUT2D eigenvalue weighted by molar-refractivity contribution is 5.97. The van der Waals surface area contributed by atoms with Crippen LogP contribution in [0.3, 0.4) is 0 Å². The van der Waals surface area contributed by atoms with Crippen molar-refractivity contribution in [1.29, 1.82) is 0 Å². The predicted octanol–water partition coefficient (Wildman–Crippen LogP) is 4.51. The second kappa shape index (κ2) is 11.0. The number of hydrogen-bond acceptors (Lipinski definition) is 5. The van der Waals surface area contributed by atoms with Crippen LogP contribution >= 0.6 is 0 Å². The largest absolute Gasteiger partial charge is 0.481 e.